The summed E-state index contributed by atoms with van der Waals surface area (Å²) in [6.07, 6.45) is 8.43. The van der Waals surface area contributed by atoms with E-state index in [-0.39, 0.29) is 11.5 Å². The maximum Gasteiger partial charge on any atom is 0.335 e. The van der Waals surface area contributed by atoms with Crippen molar-refractivity contribution in [2.45, 2.75) is 43.9 Å². The predicted octanol–water partition coefficient (Wildman–Crippen LogP) is 6.85. The van der Waals surface area contributed by atoms with Gasteiger partial charge in [0.05, 0.1) is 5.56 Å². The standard InChI is InChI=1S/C30H30N2O3/c33-28(32-27-6-2-4-23(15-27)29(34)35)22-3-1-5-26(14-22)31-25-9-7-24(8-10-25)30-16-19-11-20(17-30)13-21(12-19)18-30/h1-10,14-15,19-21,31H,11-13,16-18H2,(H,32,33)(H,34,35). The van der Waals surface area contributed by atoms with Crippen molar-refractivity contribution in [2.75, 3.05) is 10.6 Å². The lowest BCUT2D eigenvalue weighted by Gasteiger charge is -2.57. The van der Waals surface area contributed by atoms with Gasteiger partial charge in [0.2, 0.25) is 0 Å². The third kappa shape index (κ3) is 4.31. The van der Waals surface area contributed by atoms with Crippen molar-refractivity contribution in [2.24, 2.45) is 17.8 Å². The van der Waals surface area contributed by atoms with Gasteiger partial charge in [-0.3, -0.25) is 4.79 Å². The summed E-state index contributed by atoms with van der Waals surface area (Å²) in [6.45, 7) is 0. The smallest absolute Gasteiger partial charge is 0.335 e. The van der Waals surface area contributed by atoms with Crippen LogP contribution in [0.1, 0.15) is 64.8 Å². The van der Waals surface area contributed by atoms with Crippen LogP contribution in [0.5, 0.6) is 0 Å². The van der Waals surface area contributed by atoms with Gasteiger partial charge >= 0.3 is 5.97 Å². The molecule has 0 heterocycles. The molecule has 4 saturated carbocycles. The van der Waals surface area contributed by atoms with Crippen molar-refractivity contribution in [1.29, 1.82) is 0 Å². The molecule has 5 heteroatoms. The number of carboxylic acid groups (broad SMARTS) is 1. The van der Waals surface area contributed by atoms with Gasteiger partial charge in [-0.25, -0.2) is 4.79 Å². The van der Waals surface area contributed by atoms with Crippen molar-refractivity contribution < 1.29 is 14.7 Å². The molecular weight excluding hydrogens is 436 g/mol. The Morgan fingerprint density at radius 1 is 0.714 bits per heavy atom. The van der Waals surface area contributed by atoms with Gasteiger partial charge in [0.1, 0.15) is 0 Å². The highest BCUT2D eigenvalue weighted by Gasteiger charge is 2.51. The fraction of sp³-hybridized carbons (Fsp3) is 0.333. The third-order valence-electron chi connectivity index (χ3n) is 8.32. The highest BCUT2D eigenvalue weighted by atomic mass is 16.4. The molecule has 3 aromatic rings. The van der Waals surface area contributed by atoms with Crippen LogP contribution in [0.2, 0.25) is 0 Å². The van der Waals surface area contributed by atoms with Crippen molar-refractivity contribution >= 4 is 28.9 Å². The molecule has 0 atom stereocenters. The topological polar surface area (TPSA) is 78.4 Å². The fourth-order valence-corrected chi connectivity index (χ4v) is 7.21. The lowest BCUT2D eigenvalue weighted by atomic mass is 9.48. The van der Waals surface area contributed by atoms with E-state index in [4.69, 9.17) is 5.11 Å². The summed E-state index contributed by atoms with van der Waals surface area (Å²) in [7, 11) is 0. The number of carbonyl (C=O) groups excluding carboxylic acids is 1. The molecule has 0 spiro atoms. The number of hydrogen-bond acceptors (Lipinski definition) is 3. The second kappa shape index (κ2) is 8.56. The van der Waals surface area contributed by atoms with E-state index in [1.807, 2.05) is 18.2 Å². The number of benzene rings is 3. The van der Waals surface area contributed by atoms with E-state index in [2.05, 4.69) is 34.9 Å². The molecule has 0 unspecified atom stereocenters. The van der Waals surface area contributed by atoms with Gasteiger partial charge in [-0.1, -0.05) is 24.3 Å². The number of anilines is 3. The normalized spacial score (nSPS) is 26.3. The number of hydrogen-bond donors (Lipinski definition) is 3. The van der Waals surface area contributed by atoms with E-state index in [9.17, 15) is 9.59 Å². The van der Waals surface area contributed by atoms with Crippen molar-refractivity contribution in [3.8, 4) is 0 Å². The Morgan fingerprint density at radius 2 is 1.29 bits per heavy atom. The van der Waals surface area contributed by atoms with Crippen LogP contribution < -0.4 is 10.6 Å². The van der Waals surface area contributed by atoms with Crippen LogP contribution in [0.15, 0.2) is 72.8 Å². The van der Waals surface area contributed by atoms with Crippen LogP contribution in [0.4, 0.5) is 17.1 Å². The zero-order valence-electron chi connectivity index (χ0n) is 19.7. The summed E-state index contributed by atoms with van der Waals surface area (Å²) in [5.41, 5.74) is 4.82. The summed E-state index contributed by atoms with van der Waals surface area (Å²) in [5.74, 6) is 1.48. The van der Waals surface area contributed by atoms with Gasteiger partial charge in [-0.15, -0.1) is 0 Å². The summed E-state index contributed by atoms with van der Waals surface area (Å²) in [6, 6.07) is 22.5. The molecule has 0 radical (unpaired) electrons. The monoisotopic (exact) mass is 466 g/mol. The molecule has 4 aliphatic rings. The first kappa shape index (κ1) is 21.9. The molecular formula is C30H30N2O3. The Bertz CT molecular complexity index is 1250. The molecule has 3 aromatic carbocycles. The average molecular weight is 467 g/mol. The quantitative estimate of drug-likeness (QED) is 0.371. The lowest BCUT2D eigenvalue weighted by molar-refractivity contribution is -0.00518. The molecule has 0 saturated heterocycles. The Balaban J connectivity index is 1.15. The fourth-order valence-electron chi connectivity index (χ4n) is 7.21. The SMILES string of the molecule is O=C(O)c1cccc(NC(=O)c2cccc(Nc3ccc(C45CC6CC(CC(C6)C4)C5)cc3)c2)c1. The Hall–Kier alpha value is -3.60. The summed E-state index contributed by atoms with van der Waals surface area (Å²) in [5, 5.41) is 15.4. The zero-order valence-corrected chi connectivity index (χ0v) is 19.7. The van der Waals surface area contributed by atoms with Crippen LogP contribution in [0.3, 0.4) is 0 Å². The second-order valence-electron chi connectivity index (χ2n) is 10.8. The van der Waals surface area contributed by atoms with Gasteiger partial charge in [0.25, 0.3) is 5.91 Å². The molecule has 35 heavy (non-hydrogen) atoms. The maximum atomic E-state index is 12.8. The van der Waals surface area contributed by atoms with Gasteiger partial charge in [-0.2, -0.15) is 0 Å². The third-order valence-corrected chi connectivity index (χ3v) is 8.32. The highest BCUT2D eigenvalue weighted by molar-refractivity contribution is 6.05. The predicted molar refractivity (Wildman–Crippen MR) is 137 cm³/mol. The number of carbonyl (C=O) groups is 2. The first-order valence-electron chi connectivity index (χ1n) is 12.6. The van der Waals surface area contributed by atoms with Crippen LogP contribution >= 0.6 is 0 Å². The van der Waals surface area contributed by atoms with E-state index in [0.29, 0.717) is 16.7 Å². The molecule has 5 nitrogen and oxygen atoms in total. The largest absolute Gasteiger partial charge is 0.478 e. The van der Waals surface area contributed by atoms with E-state index in [0.717, 1.165) is 29.1 Å². The lowest BCUT2D eigenvalue weighted by Crippen LogP contribution is -2.48. The van der Waals surface area contributed by atoms with Gasteiger partial charge in [0, 0.05) is 22.6 Å². The van der Waals surface area contributed by atoms with Crippen molar-refractivity contribution in [3.05, 3.63) is 89.5 Å². The van der Waals surface area contributed by atoms with Gasteiger partial charge in [0.15, 0.2) is 0 Å². The maximum absolute atomic E-state index is 12.8. The Labute approximate surface area is 205 Å². The minimum atomic E-state index is -1.03. The number of nitrogens with one attached hydrogen (secondary N) is 2. The van der Waals surface area contributed by atoms with E-state index < -0.39 is 5.97 Å². The first-order chi connectivity index (χ1) is 17.0. The molecule has 4 aliphatic carbocycles. The molecule has 4 fully saturated rings. The van der Waals surface area contributed by atoms with Gasteiger partial charge in [-0.05, 0) is 116 Å². The second-order valence-corrected chi connectivity index (χ2v) is 10.8. The minimum absolute atomic E-state index is 0.134. The number of rotatable bonds is 6. The van der Waals surface area contributed by atoms with Crippen molar-refractivity contribution in [3.63, 3.8) is 0 Å². The van der Waals surface area contributed by atoms with Crippen LogP contribution in [-0.2, 0) is 5.41 Å². The molecule has 3 N–H and O–H groups in total. The molecule has 7 rings (SSSR count). The molecule has 0 aromatic heterocycles. The minimum Gasteiger partial charge on any atom is -0.478 e. The van der Waals surface area contributed by atoms with Gasteiger partial charge < -0.3 is 15.7 Å². The first-order valence-corrected chi connectivity index (χ1v) is 12.6. The number of aromatic carboxylic acids is 1. The molecule has 0 aliphatic heterocycles. The zero-order chi connectivity index (χ0) is 24.0. The van der Waals surface area contributed by atoms with Crippen LogP contribution in [0.25, 0.3) is 0 Å². The summed E-state index contributed by atoms with van der Waals surface area (Å²) in [4.78, 5) is 23.9. The van der Waals surface area contributed by atoms with Crippen molar-refractivity contribution in [1.82, 2.24) is 0 Å². The Morgan fingerprint density at radius 3 is 1.91 bits per heavy atom. The van der Waals surface area contributed by atoms with E-state index in [1.54, 1.807) is 18.2 Å². The number of amides is 1. The van der Waals surface area contributed by atoms with Crippen LogP contribution in [0, 0.1) is 17.8 Å². The average Bonchev–Trinajstić information content (AvgIpc) is 2.84. The van der Waals surface area contributed by atoms with Crippen LogP contribution in [-0.4, -0.2) is 17.0 Å². The molecule has 1 amide bonds. The Kier molecular flexibility index (Phi) is 5.36. The van der Waals surface area contributed by atoms with E-state index >= 15 is 0 Å². The molecule has 178 valence electrons. The summed E-state index contributed by atoms with van der Waals surface area (Å²) < 4.78 is 0. The molecule has 4 bridgehead atoms. The number of carboxylic acids is 1. The van der Waals surface area contributed by atoms with E-state index in [1.165, 1.54) is 56.2 Å². The summed E-state index contributed by atoms with van der Waals surface area (Å²) >= 11 is 0. The highest BCUT2D eigenvalue weighted by Crippen LogP contribution is 2.60.